The molecule has 3 nitrogen and oxygen atoms in total. The molecule has 0 amide bonds. The van der Waals surface area contributed by atoms with E-state index in [2.05, 4.69) is 17.3 Å². The van der Waals surface area contributed by atoms with Crippen LogP contribution in [0.5, 0.6) is 0 Å². The first-order valence-electron chi connectivity index (χ1n) is 5.90. The number of nitrogens with one attached hydrogen (secondary N) is 1. The van der Waals surface area contributed by atoms with E-state index >= 15 is 0 Å². The molecule has 0 bridgehead atoms. The predicted octanol–water partition coefficient (Wildman–Crippen LogP) is 3.70. The summed E-state index contributed by atoms with van der Waals surface area (Å²) in [5.41, 5.74) is 1.89. The molecule has 0 unspecified atom stereocenters. The Hall–Kier alpha value is -1.55. The molecule has 96 valence electrons. The standard InChI is InChI=1S/C13H15ClFN3/c1-2-7-18-11(5-6-17-18)9-16-10-3-4-13(15)12(14)8-10/h3-6,8,16H,2,7,9H2,1H3. The SMILES string of the molecule is CCCn1nccc1CNc1ccc(F)c(Cl)c1. The minimum Gasteiger partial charge on any atom is -0.379 e. The number of hydrogen-bond donors (Lipinski definition) is 1. The first-order chi connectivity index (χ1) is 8.70. The summed E-state index contributed by atoms with van der Waals surface area (Å²) >= 11 is 5.72. The Morgan fingerprint density at radius 1 is 1.39 bits per heavy atom. The van der Waals surface area contributed by atoms with E-state index in [0.717, 1.165) is 24.3 Å². The van der Waals surface area contributed by atoms with E-state index in [1.165, 1.54) is 6.07 Å². The fourth-order valence-electron chi connectivity index (χ4n) is 1.72. The summed E-state index contributed by atoms with van der Waals surface area (Å²) in [7, 11) is 0. The molecule has 0 atom stereocenters. The van der Waals surface area contributed by atoms with E-state index in [0.29, 0.717) is 6.54 Å². The van der Waals surface area contributed by atoms with Gasteiger partial charge in [-0.25, -0.2) is 4.39 Å². The number of benzene rings is 1. The van der Waals surface area contributed by atoms with Crippen molar-refractivity contribution in [1.29, 1.82) is 0 Å². The molecule has 0 saturated heterocycles. The largest absolute Gasteiger partial charge is 0.379 e. The van der Waals surface area contributed by atoms with Crippen molar-refractivity contribution in [1.82, 2.24) is 9.78 Å². The Bertz CT molecular complexity index is 525. The summed E-state index contributed by atoms with van der Waals surface area (Å²) in [6, 6.07) is 6.57. The number of nitrogens with zero attached hydrogens (tertiary/aromatic N) is 2. The summed E-state index contributed by atoms with van der Waals surface area (Å²) in [6.45, 7) is 3.65. The number of hydrogen-bond acceptors (Lipinski definition) is 2. The molecule has 1 N–H and O–H groups in total. The molecule has 0 saturated carbocycles. The van der Waals surface area contributed by atoms with Gasteiger partial charge in [0.2, 0.25) is 0 Å². The van der Waals surface area contributed by atoms with Gasteiger partial charge in [0, 0.05) is 18.4 Å². The van der Waals surface area contributed by atoms with Crippen LogP contribution in [0.25, 0.3) is 0 Å². The quantitative estimate of drug-likeness (QED) is 0.895. The Morgan fingerprint density at radius 3 is 2.94 bits per heavy atom. The van der Waals surface area contributed by atoms with Crippen molar-refractivity contribution >= 4 is 17.3 Å². The lowest BCUT2D eigenvalue weighted by molar-refractivity contribution is 0.578. The lowest BCUT2D eigenvalue weighted by Gasteiger charge is -2.09. The van der Waals surface area contributed by atoms with Crippen LogP contribution in [-0.4, -0.2) is 9.78 Å². The number of aryl methyl sites for hydroxylation is 1. The lowest BCUT2D eigenvalue weighted by atomic mass is 10.3. The molecule has 0 fully saturated rings. The molecule has 2 rings (SSSR count). The highest BCUT2D eigenvalue weighted by Crippen LogP contribution is 2.19. The smallest absolute Gasteiger partial charge is 0.141 e. The van der Waals surface area contributed by atoms with Crippen LogP contribution in [-0.2, 0) is 13.1 Å². The molecular formula is C13H15ClFN3. The maximum Gasteiger partial charge on any atom is 0.141 e. The summed E-state index contributed by atoms with van der Waals surface area (Å²) < 4.78 is 15.0. The van der Waals surface area contributed by atoms with Crippen molar-refractivity contribution in [2.45, 2.75) is 26.4 Å². The Balaban J connectivity index is 2.02. The molecule has 1 aromatic carbocycles. The van der Waals surface area contributed by atoms with E-state index in [1.807, 2.05) is 10.7 Å². The highest BCUT2D eigenvalue weighted by molar-refractivity contribution is 6.31. The minimum atomic E-state index is -0.404. The fourth-order valence-corrected chi connectivity index (χ4v) is 1.90. The number of halogens is 2. The summed E-state index contributed by atoms with van der Waals surface area (Å²) in [5.74, 6) is -0.404. The van der Waals surface area contributed by atoms with Crippen LogP contribution >= 0.6 is 11.6 Å². The van der Waals surface area contributed by atoms with E-state index in [9.17, 15) is 4.39 Å². The predicted molar refractivity (Wildman–Crippen MR) is 71.3 cm³/mol. The fraction of sp³-hybridized carbons (Fsp3) is 0.308. The molecule has 0 radical (unpaired) electrons. The zero-order chi connectivity index (χ0) is 13.0. The second-order valence-electron chi connectivity index (χ2n) is 4.03. The summed E-state index contributed by atoms with van der Waals surface area (Å²) in [5, 5.41) is 7.57. The van der Waals surface area contributed by atoms with Gasteiger partial charge in [0.15, 0.2) is 0 Å². The van der Waals surface area contributed by atoms with Crippen LogP contribution in [0.2, 0.25) is 5.02 Å². The molecule has 0 aliphatic heterocycles. The van der Waals surface area contributed by atoms with Crippen molar-refractivity contribution in [3.8, 4) is 0 Å². The second-order valence-corrected chi connectivity index (χ2v) is 4.44. The van der Waals surface area contributed by atoms with Crippen molar-refractivity contribution in [2.24, 2.45) is 0 Å². The number of anilines is 1. The van der Waals surface area contributed by atoms with Gasteiger partial charge in [-0.1, -0.05) is 18.5 Å². The topological polar surface area (TPSA) is 29.9 Å². The van der Waals surface area contributed by atoms with Gasteiger partial charge in [0.05, 0.1) is 17.3 Å². The van der Waals surface area contributed by atoms with Gasteiger partial charge < -0.3 is 5.32 Å². The summed E-state index contributed by atoms with van der Waals surface area (Å²) in [6.07, 6.45) is 2.82. The molecule has 18 heavy (non-hydrogen) atoms. The zero-order valence-corrected chi connectivity index (χ0v) is 10.9. The van der Waals surface area contributed by atoms with Crippen LogP contribution in [0.4, 0.5) is 10.1 Å². The molecule has 1 heterocycles. The van der Waals surface area contributed by atoms with Gasteiger partial charge in [-0.3, -0.25) is 4.68 Å². The molecule has 2 aromatic rings. The third-order valence-electron chi connectivity index (χ3n) is 2.63. The number of aromatic nitrogens is 2. The third-order valence-corrected chi connectivity index (χ3v) is 2.92. The van der Waals surface area contributed by atoms with Crippen LogP contribution in [0.1, 0.15) is 19.0 Å². The van der Waals surface area contributed by atoms with Gasteiger partial charge in [0.25, 0.3) is 0 Å². The highest BCUT2D eigenvalue weighted by Gasteiger charge is 2.03. The van der Waals surface area contributed by atoms with Gasteiger partial charge in [-0.05, 0) is 30.7 Å². The lowest BCUT2D eigenvalue weighted by Crippen LogP contribution is -2.08. The minimum absolute atomic E-state index is 0.127. The van der Waals surface area contributed by atoms with E-state index < -0.39 is 5.82 Å². The van der Waals surface area contributed by atoms with Gasteiger partial charge >= 0.3 is 0 Å². The van der Waals surface area contributed by atoms with Crippen molar-refractivity contribution in [3.63, 3.8) is 0 Å². The average Bonchev–Trinajstić information content (AvgIpc) is 2.79. The Kier molecular flexibility index (Phi) is 4.20. The van der Waals surface area contributed by atoms with Crippen LogP contribution in [0.15, 0.2) is 30.5 Å². The van der Waals surface area contributed by atoms with Crippen molar-refractivity contribution in [3.05, 3.63) is 47.0 Å². The summed E-state index contributed by atoms with van der Waals surface area (Å²) in [4.78, 5) is 0. The Morgan fingerprint density at radius 2 is 2.22 bits per heavy atom. The van der Waals surface area contributed by atoms with E-state index in [4.69, 9.17) is 11.6 Å². The average molecular weight is 268 g/mol. The van der Waals surface area contributed by atoms with E-state index in [1.54, 1.807) is 18.3 Å². The maximum atomic E-state index is 13.0. The first kappa shape index (κ1) is 12.9. The highest BCUT2D eigenvalue weighted by atomic mass is 35.5. The molecule has 0 spiro atoms. The van der Waals surface area contributed by atoms with E-state index in [-0.39, 0.29) is 5.02 Å². The Labute approximate surface area is 111 Å². The molecule has 0 aliphatic rings. The monoisotopic (exact) mass is 267 g/mol. The normalized spacial score (nSPS) is 10.6. The molecule has 0 aliphatic carbocycles. The van der Waals surface area contributed by atoms with Crippen molar-refractivity contribution < 1.29 is 4.39 Å². The second kappa shape index (κ2) is 5.87. The molecule has 1 aromatic heterocycles. The third kappa shape index (κ3) is 3.01. The van der Waals surface area contributed by atoms with Crippen LogP contribution < -0.4 is 5.32 Å². The van der Waals surface area contributed by atoms with Crippen LogP contribution in [0.3, 0.4) is 0 Å². The van der Waals surface area contributed by atoms with Crippen molar-refractivity contribution in [2.75, 3.05) is 5.32 Å². The van der Waals surface area contributed by atoms with Crippen LogP contribution in [0, 0.1) is 5.82 Å². The molecular weight excluding hydrogens is 253 g/mol. The first-order valence-corrected chi connectivity index (χ1v) is 6.28. The number of rotatable bonds is 5. The molecule has 5 heteroatoms. The maximum absolute atomic E-state index is 13.0. The van der Waals surface area contributed by atoms with Gasteiger partial charge in [-0.2, -0.15) is 5.10 Å². The van der Waals surface area contributed by atoms with Gasteiger partial charge in [-0.15, -0.1) is 0 Å². The zero-order valence-electron chi connectivity index (χ0n) is 10.2. The van der Waals surface area contributed by atoms with Gasteiger partial charge in [0.1, 0.15) is 5.82 Å².